The van der Waals surface area contributed by atoms with Crippen LogP contribution in [0.1, 0.15) is 6.92 Å². The summed E-state index contributed by atoms with van der Waals surface area (Å²) in [6.07, 6.45) is 0. The lowest BCUT2D eigenvalue weighted by Crippen LogP contribution is -2.13. The maximum atomic E-state index is 3.96. The lowest BCUT2D eigenvalue weighted by Gasteiger charge is -1.98. The van der Waals surface area contributed by atoms with Gasteiger partial charge in [0, 0.05) is 14.1 Å². The van der Waals surface area contributed by atoms with E-state index in [1.807, 2.05) is 7.05 Å². The van der Waals surface area contributed by atoms with Crippen molar-refractivity contribution < 1.29 is 0 Å². The molecule has 0 aliphatic carbocycles. The van der Waals surface area contributed by atoms with Gasteiger partial charge in [-0.05, 0) is 5.75 Å². The second-order valence-corrected chi connectivity index (χ2v) is 2.46. The third-order valence-corrected chi connectivity index (χ3v) is 1.65. The zero-order chi connectivity index (χ0) is 6.41. The summed E-state index contributed by atoms with van der Waals surface area (Å²) in [5.41, 5.74) is 0. The molecule has 0 saturated carbocycles. The van der Waals surface area contributed by atoms with Gasteiger partial charge in [0.2, 0.25) is 0 Å². The molecule has 9 heavy (non-hydrogen) atoms. The Labute approximate surface area is 77.9 Å². The van der Waals surface area contributed by atoms with E-state index in [4.69, 9.17) is 0 Å². The van der Waals surface area contributed by atoms with Crippen molar-refractivity contribution in [2.75, 3.05) is 19.8 Å². The number of aliphatic imine (C=N–C) groups is 1. The predicted molar refractivity (Wildman–Crippen MR) is 56.0 cm³/mol. The molecule has 1 N–H and O–H groups in total. The minimum absolute atomic E-state index is 0. The fourth-order valence-corrected chi connectivity index (χ4v) is 0.932. The highest BCUT2D eigenvalue weighted by atomic mass is 127. The van der Waals surface area contributed by atoms with E-state index in [9.17, 15) is 0 Å². The Balaban J connectivity index is 0. The number of hydrogen-bond donors (Lipinski definition) is 1. The quantitative estimate of drug-likeness (QED) is 0.439. The first kappa shape index (κ1) is 12.2. The molecule has 0 amide bonds. The molecule has 0 aromatic heterocycles. The molecule has 2 nitrogen and oxygen atoms in total. The molecule has 0 aliphatic heterocycles. The van der Waals surface area contributed by atoms with E-state index in [2.05, 4.69) is 17.2 Å². The van der Waals surface area contributed by atoms with Crippen molar-refractivity contribution in [3.8, 4) is 0 Å². The van der Waals surface area contributed by atoms with Crippen LogP contribution in [0.3, 0.4) is 0 Å². The highest BCUT2D eigenvalue weighted by Gasteiger charge is 1.88. The minimum Gasteiger partial charge on any atom is -0.368 e. The molecule has 56 valence electrons. The number of hydrogen-bond acceptors (Lipinski definition) is 2. The zero-order valence-corrected chi connectivity index (χ0v) is 9.12. The SMILES string of the molecule is CCSC(=NC)NC.I. The van der Waals surface area contributed by atoms with Gasteiger partial charge >= 0.3 is 0 Å². The molecule has 0 heterocycles. The van der Waals surface area contributed by atoms with Crippen LogP contribution in [-0.2, 0) is 0 Å². The van der Waals surface area contributed by atoms with E-state index >= 15 is 0 Å². The zero-order valence-electron chi connectivity index (χ0n) is 5.97. The number of halogens is 1. The smallest absolute Gasteiger partial charge is 0.155 e. The van der Waals surface area contributed by atoms with Crippen LogP contribution in [0.25, 0.3) is 0 Å². The van der Waals surface area contributed by atoms with Crippen LogP contribution < -0.4 is 5.32 Å². The first-order valence-corrected chi connectivity index (χ1v) is 3.61. The maximum Gasteiger partial charge on any atom is 0.155 e. The summed E-state index contributed by atoms with van der Waals surface area (Å²) in [4.78, 5) is 3.96. The van der Waals surface area contributed by atoms with Crippen molar-refractivity contribution in [1.82, 2.24) is 5.32 Å². The van der Waals surface area contributed by atoms with E-state index in [1.165, 1.54) is 0 Å². The minimum atomic E-state index is 0. The summed E-state index contributed by atoms with van der Waals surface area (Å²) in [5.74, 6) is 1.08. The van der Waals surface area contributed by atoms with E-state index < -0.39 is 0 Å². The van der Waals surface area contributed by atoms with Crippen molar-refractivity contribution in [3.05, 3.63) is 0 Å². The fraction of sp³-hybridized carbons (Fsp3) is 0.800. The topological polar surface area (TPSA) is 24.4 Å². The van der Waals surface area contributed by atoms with Crippen molar-refractivity contribution in [1.29, 1.82) is 0 Å². The molecule has 0 aromatic carbocycles. The van der Waals surface area contributed by atoms with Gasteiger partial charge in [-0.25, -0.2) is 0 Å². The van der Waals surface area contributed by atoms with Crippen LogP contribution in [0.4, 0.5) is 0 Å². The summed E-state index contributed by atoms with van der Waals surface area (Å²) in [6, 6.07) is 0. The summed E-state index contributed by atoms with van der Waals surface area (Å²) in [6.45, 7) is 2.10. The van der Waals surface area contributed by atoms with Gasteiger partial charge in [-0.1, -0.05) is 18.7 Å². The van der Waals surface area contributed by atoms with Gasteiger partial charge in [0.15, 0.2) is 5.17 Å². The summed E-state index contributed by atoms with van der Waals surface area (Å²) < 4.78 is 0. The predicted octanol–water partition coefficient (Wildman–Crippen LogP) is 1.56. The lowest BCUT2D eigenvalue weighted by molar-refractivity contribution is 1.18. The molecular formula is C5H13IN2S. The van der Waals surface area contributed by atoms with Gasteiger partial charge in [0.05, 0.1) is 0 Å². The molecule has 0 spiro atoms. The highest BCUT2D eigenvalue weighted by Crippen LogP contribution is 1.97. The standard InChI is InChI=1S/C5H12N2S.HI/c1-4-8-5(6-2)7-3;/h4H2,1-3H3,(H,6,7);1H. The number of amidine groups is 1. The molecule has 0 unspecified atom stereocenters. The van der Waals surface area contributed by atoms with Crippen molar-refractivity contribution in [3.63, 3.8) is 0 Å². The third kappa shape index (κ3) is 6.44. The monoisotopic (exact) mass is 260 g/mol. The molecule has 0 bridgehead atoms. The summed E-state index contributed by atoms with van der Waals surface area (Å²) in [5, 5.41) is 3.97. The molecule has 0 radical (unpaired) electrons. The van der Waals surface area contributed by atoms with Gasteiger partial charge in [0.1, 0.15) is 0 Å². The van der Waals surface area contributed by atoms with Crippen LogP contribution in [0.15, 0.2) is 4.99 Å². The van der Waals surface area contributed by atoms with Crippen molar-refractivity contribution in [2.45, 2.75) is 6.92 Å². The van der Waals surface area contributed by atoms with Crippen molar-refractivity contribution in [2.24, 2.45) is 4.99 Å². The van der Waals surface area contributed by atoms with Gasteiger partial charge in [-0.15, -0.1) is 24.0 Å². The Morgan fingerprint density at radius 1 is 1.67 bits per heavy atom. The largest absolute Gasteiger partial charge is 0.368 e. The molecule has 4 heteroatoms. The van der Waals surface area contributed by atoms with Crippen molar-refractivity contribution >= 4 is 40.9 Å². The average Bonchev–Trinajstić information content (AvgIpc) is 1.83. The van der Waals surface area contributed by atoms with Gasteiger partial charge < -0.3 is 5.32 Å². The first-order valence-electron chi connectivity index (χ1n) is 2.62. The van der Waals surface area contributed by atoms with Crippen LogP contribution >= 0.6 is 35.7 Å². The average molecular weight is 260 g/mol. The van der Waals surface area contributed by atoms with Gasteiger partial charge in [-0.3, -0.25) is 4.99 Å². The van der Waals surface area contributed by atoms with Crippen LogP contribution in [0, 0.1) is 0 Å². The molecular weight excluding hydrogens is 247 g/mol. The molecule has 0 saturated heterocycles. The Hall–Kier alpha value is 0.550. The number of rotatable bonds is 1. The maximum absolute atomic E-state index is 3.96. The molecule has 0 atom stereocenters. The van der Waals surface area contributed by atoms with Crippen LogP contribution in [-0.4, -0.2) is 25.0 Å². The van der Waals surface area contributed by atoms with E-state index in [0.717, 1.165) is 10.9 Å². The Morgan fingerprint density at radius 2 is 2.22 bits per heavy atom. The number of thioether (sulfide) groups is 1. The van der Waals surface area contributed by atoms with Crippen LogP contribution in [0.5, 0.6) is 0 Å². The number of nitrogens with zero attached hydrogens (tertiary/aromatic N) is 1. The van der Waals surface area contributed by atoms with Gasteiger partial charge in [0.25, 0.3) is 0 Å². The second-order valence-electron chi connectivity index (χ2n) is 1.21. The summed E-state index contributed by atoms with van der Waals surface area (Å²) >= 11 is 1.72. The van der Waals surface area contributed by atoms with E-state index in [1.54, 1.807) is 18.8 Å². The van der Waals surface area contributed by atoms with E-state index in [-0.39, 0.29) is 24.0 Å². The number of nitrogens with one attached hydrogen (secondary N) is 1. The first-order chi connectivity index (χ1) is 3.85. The molecule has 0 aromatic rings. The van der Waals surface area contributed by atoms with Gasteiger partial charge in [-0.2, -0.15) is 0 Å². The Bertz CT molecular complexity index is 85.0. The Morgan fingerprint density at radius 3 is 2.33 bits per heavy atom. The second kappa shape index (κ2) is 8.55. The highest BCUT2D eigenvalue weighted by molar-refractivity contribution is 14.0. The van der Waals surface area contributed by atoms with E-state index in [0.29, 0.717) is 0 Å². The molecule has 0 rings (SSSR count). The fourth-order valence-electron chi connectivity index (χ4n) is 0.385. The summed E-state index contributed by atoms with van der Waals surface area (Å²) in [7, 11) is 3.67. The Kier molecular flexibility index (Phi) is 11.6. The molecule has 0 fully saturated rings. The van der Waals surface area contributed by atoms with Crippen LogP contribution in [0.2, 0.25) is 0 Å². The lowest BCUT2D eigenvalue weighted by atomic mass is 11.0. The normalized spacial score (nSPS) is 10.3. The molecule has 0 aliphatic rings. The third-order valence-electron chi connectivity index (χ3n) is 0.698.